The number of nitro groups is 2. The smallest absolute Gasteiger partial charge is 0.336 e. The highest BCUT2D eigenvalue weighted by Crippen LogP contribution is 2.27. The maximum atomic E-state index is 10.5. The van der Waals surface area contributed by atoms with Crippen LogP contribution in [0, 0.1) is 20.2 Å². The first-order valence-electron chi connectivity index (χ1n) is 8.39. The summed E-state index contributed by atoms with van der Waals surface area (Å²) in [5, 5.41) is 31.9. The molecular weight excluding hydrogens is 378 g/mol. The van der Waals surface area contributed by atoms with Gasteiger partial charge in [0.1, 0.15) is 0 Å². The number of rotatable bonds is 3. The zero-order chi connectivity index (χ0) is 21.1. The number of fused-ring (bicyclic) bond motifs is 3. The molecule has 0 aliphatic carbocycles. The lowest BCUT2D eigenvalue weighted by Crippen LogP contribution is -2.00. The van der Waals surface area contributed by atoms with Crippen LogP contribution in [0.15, 0.2) is 66.7 Å². The highest BCUT2D eigenvalue weighted by Gasteiger charge is 2.19. The van der Waals surface area contributed by atoms with Crippen LogP contribution in [-0.4, -0.2) is 25.5 Å². The van der Waals surface area contributed by atoms with Crippen molar-refractivity contribution in [3.05, 3.63) is 92.5 Å². The van der Waals surface area contributed by atoms with E-state index in [4.69, 9.17) is 5.11 Å². The van der Waals surface area contributed by atoms with E-state index in [2.05, 4.69) is 60.1 Å². The summed E-state index contributed by atoms with van der Waals surface area (Å²) >= 11 is 0. The normalized spacial score (nSPS) is 10.4. The molecule has 0 fully saturated rings. The number of para-hydroxylation sites is 2. The van der Waals surface area contributed by atoms with E-state index in [-0.39, 0.29) is 0 Å². The Morgan fingerprint density at radius 2 is 1.24 bits per heavy atom. The lowest BCUT2D eigenvalue weighted by molar-refractivity contribution is -0.394. The fraction of sp³-hybridized carbons (Fsp3) is 0.0500. The lowest BCUT2D eigenvalue weighted by atomic mass is 10.2. The molecule has 0 amide bonds. The number of non-ortho nitro benzene ring substituents is 2. The second-order valence-corrected chi connectivity index (χ2v) is 6.15. The van der Waals surface area contributed by atoms with Crippen LogP contribution >= 0.6 is 0 Å². The van der Waals surface area contributed by atoms with Crippen LogP contribution in [0.5, 0.6) is 0 Å². The van der Waals surface area contributed by atoms with Crippen molar-refractivity contribution in [2.24, 2.45) is 7.05 Å². The fourth-order valence-electron chi connectivity index (χ4n) is 3.05. The molecule has 3 aromatic carbocycles. The Kier molecular flexibility index (Phi) is 5.22. The summed E-state index contributed by atoms with van der Waals surface area (Å²) in [6.07, 6.45) is 0. The van der Waals surface area contributed by atoms with E-state index in [0.29, 0.717) is 6.07 Å². The van der Waals surface area contributed by atoms with Crippen LogP contribution in [0.3, 0.4) is 0 Å². The number of benzene rings is 3. The van der Waals surface area contributed by atoms with Gasteiger partial charge in [0.25, 0.3) is 11.4 Å². The number of hydrogen-bond acceptors (Lipinski definition) is 5. The second kappa shape index (κ2) is 7.77. The van der Waals surface area contributed by atoms with E-state index >= 15 is 0 Å². The van der Waals surface area contributed by atoms with E-state index < -0.39 is 32.8 Å². The minimum Gasteiger partial charge on any atom is -0.478 e. The number of carboxylic acids is 1. The van der Waals surface area contributed by atoms with Crippen LogP contribution in [0.1, 0.15) is 10.4 Å². The molecule has 0 saturated heterocycles. The first kappa shape index (κ1) is 19.5. The van der Waals surface area contributed by atoms with Crippen molar-refractivity contribution in [3.63, 3.8) is 0 Å². The van der Waals surface area contributed by atoms with Gasteiger partial charge < -0.3 is 9.67 Å². The number of aromatic nitrogens is 1. The summed E-state index contributed by atoms with van der Waals surface area (Å²) in [7, 11) is 2.12. The number of aryl methyl sites for hydroxylation is 1. The van der Waals surface area contributed by atoms with Crippen molar-refractivity contribution >= 4 is 39.1 Å². The molecule has 0 saturated carbocycles. The maximum absolute atomic E-state index is 10.5. The monoisotopic (exact) mass is 393 g/mol. The van der Waals surface area contributed by atoms with Gasteiger partial charge >= 0.3 is 5.97 Å². The standard InChI is InChI=1S/C13H11N.C7H4N2O6/c1-14-12-8-4-2-6-10(12)11-7-3-5-9-13(11)14;10-7(11)4-1-5(8(12)13)3-6(2-4)9(14)15/h2-9H,1H3;1-3H,(H,10,11). The zero-order valence-corrected chi connectivity index (χ0v) is 15.2. The molecule has 0 atom stereocenters. The molecule has 1 N–H and O–H groups in total. The number of carbonyl (C=O) groups is 1. The van der Waals surface area contributed by atoms with Crippen molar-refractivity contribution in [2.45, 2.75) is 0 Å². The predicted molar refractivity (Wildman–Crippen MR) is 107 cm³/mol. The highest BCUT2D eigenvalue weighted by molar-refractivity contribution is 6.07. The third-order valence-corrected chi connectivity index (χ3v) is 4.39. The van der Waals surface area contributed by atoms with E-state index in [0.717, 1.165) is 12.1 Å². The van der Waals surface area contributed by atoms with Crippen molar-refractivity contribution in [3.8, 4) is 0 Å². The van der Waals surface area contributed by atoms with Gasteiger partial charge in [-0.25, -0.2) is 4.79 Å². The first-order chi connectivity index (χ1) is 13.8. The van der Waals surface area contributed by atoms with Crippen LogP contribution < -0.4 is 0 Å². The number of aromatic carboxylic acids is 1. The van der Waals surface area contributed by atoms with Crippen molar-refractivity contribution in [1.29, 1.82) is 0 Å². The quantitative estimate of drug-likeness (QED) is 0.402. The van der Waals surface area contributed by atoms with E-state index in [9.17, 15) is 25.0 Å². The summed E-state index contributed by atoms with van der Waals surface area (Å²) in [5.74, 6) is -1.46. The second-order valence-electron chi connectivity index (χ2n) is 6.15. The molecule has 4 rings (SSSR count). The molecule has 9 nitrogen and oxygen atoms in total. The summed E-state index contributed by atoms with van der Waals surface area (Å²) < 4.78 is 2.24. The number of nitro benzene ring substituents is 2. The van der Waals surface area contributed by atoms with Gasteiger partial charge in [0.15, 0.2) is 0 Å². The van der Waals surface area contributed by atoms with Gasteiger partial charge in [-0.1, -0.05) is 36.4 Å². The zero-order valence-electron chi connectivity index (χ0n) is 15.2. The SMILES string of the molecule is Cn1c2ccccc2c2ccccc21.O=C(O)c1cc([N+](=O)[O-])cc([N+](=O)[O-])c1. The number of hydrogen-bond donors (Lipinski definition) is 1. The lowest BCUT2D eigenvalue weighted by Gasteiger charge is -1.96. The number of nitrogens with zero attached hydrogens (tertiary/aromatic N) is 3. The van der Waals surface area contributed by atoms with E-state index in [1.165, 1.54) is 21.8 Å². The molecule has 4 aromatic rings. The molecule has 0 spiro atoms. The van der Waals surface area contributed by atoms with Gasteiger partial charge in [-0.3, -0.25) is 20.2 Å². The van der Waals surface area contributed by atoms with Crippen LogP contribution in [-0.2, 0) is 7.05 Å². The molecule has 0 unspecified atom stereocenters. The van der Waals surface area contributed by atoms with Gasteiger partial charge in [0.05, 0.1) is 21.5 Å². The maximum Gasteiger partial charge on any atom is 0.336 e. The molecule has 1 heterocycles. The van der Waals surface area contributed by atoms with Crippen LogP contribution in [0.25, 0.3) is 21.8 Å². The Balaban J connectivity index is 0.000000166. The average Bonchev–Trinajstić information content (AvgIpc) is 3.01. The molecule has 1 aromatic heterocycles. The Morgan fingerprint density at radius 3 is 1.62 bits per heavy atom. The predicted octanol–water partition coefficient (Wildman–Crippen LogP) is 4.53. The average molecular weight is 393 g/mol. The minimum atomic E-state index is -1.46. The van der Waals surface area contributed by atoms with Gasteiger partial charge in [-0.15, -0.1) is 0 Å². The van der Waals surface area contributed by atoms with Gasteiger partial charge in [-0.05, 0) is 12.1 Å². The van der Waals surface area contributed by atoms with Gasteiger partial charge in [-0.2, -0.15) is 0 Å². The molecular formula is C20H15N3O6. The Hall–Kier alpha value is -4.27. The fourth-order valence-corrected chi connectivity index (χ4v) is 3.05. The third-order valence-electron chi connectivity index (χ3n) is 4.39. The van der Waals surface area contributed by atoms with E-state index in [1.54, 1.807) is 0 Å². The Bertz CT molecular complexity index is 1130. The van der Waals surface area contributed by atoms with Crippen molar-refractivity contribution in [1.82, 2.24) is 4.57 Å². The van der Waals surface area contributed by atoms with Crippen molar-refractivity contribution in [2.75, 3.05) is 0 Å². The molecule has 0 bridgehead atoms. The first-order valence-corrected chi connectivity index (χ1v) is 8.39. The molecule has 0 aliphatic rings. The summed E-state index contributed by atoms with van der Waals surface area (Å²) in [5.41, 5.74) is 0.863. The summed E-state index contributed by atoms with van der Waals surface area (Å²) in [4.78, 5) is 29.4. The topological polar surface area (TPSA) is 129 Å². The number of carboxylic acid groups (broad SMARTS) is 1. The van der Waals surface area contributed by atoms with E-state index in [1.807, 2.05) is 0 Å². The highest BCUT2D eigenvalue weighted by atomic mass is 16.6. The largest absolute Gasteiger partial charge is 0.478 e. The Labute approximate surface area is 163 Å². The van der Waals surface area contributed by atoms with Crippen LogP contribution in [0.4, 0.5) is 11.4 Å². The Morgan fingerprint density at radius 1 is 0.828 bits per heavy atom. The molecule has 29 heavy (non-hydrogen) atoms. The molecule has 0 radical (unpaired) electrons. The van der Waals surface area contributed by atoms with Gasteiger partial charge in [0, 0.05) is 41.0 Å². The van der Waals surface area contributed by atoms with Crippen LogP contribution in [0.2, 0.25) is 0 Å². The molecule has 146 valence electrons. The summed E-state index contributed by atoms with van der Waals surface area (Å²) in [6.45, 7) is 0. The molecule has 9 heteroatoms. The molecule has 0 aliphatic heterocycles. The van der Waals surface area contributed by atoms with Crippen molar-refractivity contribution < 1.29 is 19.7 Å². The third kappa shape index (κ3) is 3.88. The minimum absolute atomic E-state index is 0.490. The summed E-state index contributed by atoms with van der Waals surface area (Å²) in [6, 6.07) is 19.3. The van der Waals surface area contributed by atoms with Gasteiger partial charge in [0.2, 0.25) is 0 Å².